The molecule has 0 aliphatic rings. The van der Waals surface area contributed by atoms with E-state index in [2.05, 4.69) is 4.74 Å². The second kappa shape index (κ2) is 5.21. The fraction of sp³-hybridized carbons (Fsp3) is 0.182. The van der Waals surface area contributed by atoms with E-state index in [1.165, 1.54) is 0 Å². The van der Waals surface area contributed by atoms with Crippen molar-refractivity contribution < 1.29 is 22.7 Å². The molecule has 1 aromatic rings. The highest BCUT2D eigenvalue weighted by Gasteiger charge is 2.09. The van der Waals surface area contributed by atoms with E-state index in [4.69, 9.17) is 0 Å². The predicted octanol–water partition coefficient (Wildman–Crippen LogP) is 2.02. The molecule has 0 atom stereocenters. The van der Waals surface area contributed by atoms with Gasteiger partial charge in [-0.3, -0.25) is 0 Å². The van der Waals surface area contributed by atoms with Gasteiger partial charge in [0.15, 0.2) is 0 Å². The van der Waals surface area contributed by atoms with Crippen molar-refractivity contribution in [3.8, 4) is 11.8 Å². The van der Waals surface area contributed by atoms with Gasteiger partial charge in [-0.15, -0.1) is 0 Å². The van der Waals surface area contributed by atoms with Gasteiger partial charge in [-0.05, 0) is 12.8 Å². The van der Waals surface area contributed by atoms with Gasteiger partial charge in [0.1, 0.15) is 17.5 Å². The van der Waals surface area contributed by atoms with Gasteiger partial charge in [0.05, 0.1) is 12.2 Å². The quantitative estimate of drug-likeness (QED) is 0.543. The molecule has 0 N–H and O–H groups in total. The Hall–Kier alpha value is -1.96. The van der Waals surface area contributed by atoms with Crippen LogP contribution in [-0.4, -0.2) is 12.6 Å². The van der Waals surface area contributed by atoms with Crippen molar-refractivity contribution in [1.29, 1.82) is 0 Å². The SMILES string of the molecule is CCOC(=O)C#Cc1c(F)cc(F)cc1F. The van der Waals surface area contributed by atoms with Crippen molar-refractivity contribution in [3.05, 3.63) is 35.1 Å². The van der Waals surface area contributed by atoms with E-state index in [0.29, 0.717) is 12.1 Å². The summed E-state index contributed by atoms with van der Waals surface area (Å²) in [6.07, 6.45) is 0. The third-order valence-corrected chi connectivity index (χ3v) is 1.57. The molecule has 0 heterocycles. The topological polar surface area (TPSA) is 26.3 Å². The second-order valence-corrected chi connectivity index (χ2v) is 2.71. The van der Waals surface area contributed by atoms with E-state index >= 15 is 0 Å². The molecule has 0 radical (unpaired) electrons. The molecule has 0 spiro atoms. The number of rotatable bonds is 1. The van der Waals surface area contributed by atoms with Crippen LogP contribution in [0, 0.1) is 29.3 Å². The summed E-state index contributed by atoms with van der Waals surface area (Å²) in [6.45, 7) is 1.68. The number of halogens is 3. The summed E-state index contributed by atoms with van der Waals surface area (Å²) in [4.78, 5) is 10.8. The maximum Gasteiger partial charge on any atom is 0.384 e. The van der Waals surface area contributed by atoms with Crippen molar-refractivity contribution in [2.45, 2.75) is 6.92 Å². The van der Waals surface area contributed by atoms with Crippen LogP contribution in [0.2, 0.25) is 0 Å². The lowest BCUT2D eigenvalue weighted by molar-refractivity contribution is -0.136. The largest absolute Gasteiger partial charge is 0.456 e. The zero-order valence-electron chi connectivity index (χ0n) is 8.31. The van der Waals surface area contributed by atoms with Crippen molar-refractivity contribution in [2.24, 2.45) is 0 Å². The Kier molecular flexibility index (Phi) is 3.95. The van der Waals surface area contributed by atoms with Gasteiger partial charge >= 0.3 is 5.97 Å². The first-order valence-corrected chi connectivity index (χ1v) is 4.38. The van der Waals surface area contributed by atoms with Crippen LogP contribution in [0.4, 0.5) is 13.2 Å². The highest BCUT2D eigenvalue weighted by atomic mass is 19.1. The summed E-state index contributed by atoms with van der Waals surface area (Å²) in [5.41, 5.74) is -0.658. The van der Waals surface area contributed by atoms with E-state index < -0.39 is 29.0 Å². The van der Waals surface area contributed by atoms with Crippen LogP contribution in [0.15, 0.2) is 12.1 Å². The highest BCUT2D eigenvalue weighted by molar-refractivity contribution is 5.89. The lowest BCUT2D eigenvalue weighted by atomic mass is 10.2. The first kappa shape index (κ1) is 12.1. The molecule has 0 amide bonds. The van der Waals surface area contributed by atoms with Crippen LogP contribution in [0.25, 0.3) is 0 Å². The summed E-state index contributed by atoms with van der Waals surface area (Å²) in [5.74, 6) is -0.419. The standard InChI is InChI=1S/C11H7F3O2/c1-2-16-11(15)4-3-8-9(13)5-7(12)6-10(8)14/h5-6H,2H2,1H3. The molecule has 0 bridgehead atoms. The molecular weight excluding hydrogens is 221 g/mol. The van der Waals surface area contributed by atoms with Gasteiger partial charge in [-0.2, -0.15) is 0 Å². The number of carbonyl (C=O) groups excluding carboxylic acids is 1. The minimum absolute atomic E-state index is 0.113. The number of carbonyl (C=O) groups is 1. The van der Waals surface area contributed by atoms with Gasteiger partial charge in [0, 0.05) is 18.1 Å². The number of ether oxygens (including phenoxy) is 1. The van der Waals surface area contributed by atoms with Crippen LogP contribution in [0.3, 0.4) is 0 Å². The van der Waals surface area contributed by atoms with Gasteiger partial charge in [-0.25, -0.2) is 18.0 Å². The Labute approximate surface area is 90.0 Å². The maximum atomic E-state index is 13.0. The number of hydrogen-bond donors (Lipinski definition) is 0. The summed E-state index contributed by atoms with van der Waals surface area (Å²) < 4.78 is 43.0. The van der Waals surface area contributed by atoms with E-state index in [9.17, 15) is 18.0 Å². The zero-order valence-corrected chi connectivity index (χ0v) is 8.31. The number of esters is 1. The van der Waals surface area contributed by atoms with Crippen LogP contribution in [-0.2, 0) is 9.53 Å². The molecule has 0 unspecified atom stereocenters. The van der Waals surface area contributed by atoms with Crippen molar-refractivity contribution >= 4 is 5.97 Å². The molecule has 1 aromatic carbocycles. The number of benzene rings is 1. The van der Waals surface area contributed by atoms with Gasteiger partial charge in [0.2, 0.25) is 0 Å². The van der Waals surface area contributed by atoms with Crippen LogP contribution in [0.1, 0.15) is 12.5 Å². The molecule has 84 valence electrons. The molecule has 16 heavy (non-hydrogen) atoms. The molecule has 0 saturated carbocycles. The summed E-state index contributed by atoms with van der Waals surface area (Å²) >= 11 is 0. The second-order valence-electron chi connectivity index (χ2n) is 2.71. The van der Waals surface area contributed by atoms with E-state index in [0.717, 1.165) is 0 Å². The Morgan fingerprint density at radius 2 is 1.88 bits per heavy atom. The fourth-order valence-electron chi connectivity index (χ4n) is 0.942. The number of hydrogen-bond acceptors (Lipinski definition) is 2. The Morgan fingerprint density at radius 3 is 2.38 bits per heavy atom. The Balaban J connectivity index is 3.01. The van der Waals surface area contributed by atoms with Crippen molar-refractivity contribution in [3.63, 3.8) is 0 Å². The average molecular weight is 228 g/mol. The minimum atomic E-state index is -1.16. The lowest BCUT2D eigenvalue weighted by Crippen LogP contribution is -2.00. The summed E-state index contributed by atoms with van der Waals surface area (Å²) in [7, 11) is 0. The van der Waals surface area contributed by atoms with E-state index in [1.54, 1.807) is 6.92 Å². The Bertz CT molecular complexity index is 449. The molecule has 2 nitrogen and oxygen atoms in total. The first-order chi connectivity index (χ1) is 7.54. The van der Waals surface area contributed by atoms with Gasteiger partial charge in [0.25, 0.3) is 0 Å². The lowest BCUT2D eigenvalue weighted by Gasteiger charge is -1.97. The third-order valence-electron chi connectivity index (χ3n) is 1.57. The first-order valence-electron chi connectivity index (χ1n) is 4.38. The normalized spacial score (nSPS) is 9.25. The van der Waals surface area contributed by atoms with Crippen LogP contribution in [0.5, 0.6) is 0 Å². The minimum Gasteiger partial charge on any atom is -0.456 e. The molecule has 1 rings (SSSR count). The smallest absolute Gasteiger partial charge is 0.384 e. The summed E-state index contributed by atoms with van der Waals surface area (Å²) in [5, 5.41) is 0. The molecule has 0 saturated heterocycles. The summed E-state index contributed by atoms with van der Waals surface area (Å²) in [6, 6.07) is 0.969. The molecule has 0 aliphatic carbocycles. The Morgan fingerprint density at radius 1 is 1.31 bits per heavy atom. The molecule has 0 fully saturated rings. The van der Waals surface area contributed by atoms with Crippen LogP contribution < -0.4 is 0 Å². The molecule has 0 aliphatic heterocycles. The maximum absolute atomic E-state index is 13.0. The van der Waals surface area contributed by atoms with E-state index in [-0.39, 0.29) is 6.61 Å². The monoisotopic (exact) mass is 228 g/mol. The fourth-order valence-corrected chi connectivity index (χ4v) is 0.942. The average Bonchev–Trinajstić information content (AvgIpc) is 2.16. The molecule has 5 heteroatoms. The predicted molar refractivity (Wildman–Crippen MR) is 49.8 cm³/mol. The zero-order chi connectivity index (χ0) is 12.1. The molecule has 0 aromatic heterocycles. The highest BCUT2D eigenvalue weighted by Crippen LogP contribution is 2.13. The van der Waals surface area contributed by atoms with Crippen molar-refractivity contribution in [1.82, 2.24) is 0 Å². The van der Waals surface area contributed by atoms with Gasteiger partial charge in [-0.1, -0.05) is 0 Å². The van der Waals surface area contributed by atoms with E-state index in [1.807, 2.05) is 11.8 Å². The molecular formula is C11H7F3O2. The van der Waals surface area contributed by atoms with Gasteiger partial charge < -0.3 is 4.74 Å². The van der Waals surface area contributed by atoms with Crippen molar-refractivity contribution in [2.75, 3.05) is 6.61 Å². The third kappa shape index (κ3) is 3.02. The van der Waals surface area contributed by atoms with Crippen LogP contribution >= 0.6 is 0 Å².